The van der Waals surface area contributed by atoms with E-state index in [2.05, 4.69) is 39.4 Å². The second-order valence-electron chi connectivity index (χ2n) is 10.6. The minimum absolute atomic E-state index is 0.0696. The van der Waals surface area contributed by atoms with E-state index in [9.17, 15) is 9.59 Å². The molecule has 1 aliphatic heterocycles. The molecule has 2 aliphatic rings. The highest BCUT2D eigenvalue weighted by atomic mass is 79.9. The van der Waals surface area contributed by atoms with Crippen LogP contribution in [0.4, 0.5) is 4.79 Å². The van der Waals surface area contributed by atoms with Crippen molar-refractivity contribution < 1.29 is 23.8 Å². The molecule has 2 aromatic carbocycles. The molecule has 0 bridgehead atoms. The minimum Gasteiger partial charge on any atom is -0.485 e. The van der Waals surface area contributed by atoms with Crippen LogP contribution in [-0.2, 0) is 26.1 Å². The molecule has 0 aromatic heterocycles. The number of nitrogens with one attached hydrogen (secondary N) is 1. The Morgan fingerprint density at radius 3 is 2.56 bits per heavy atom. The van der Waals surface area contributed by atoms with Crippen molar-refractivity contribution in [3.8, 4) is 5.75 Å². The van der Waals surface area contributed by atoms with Gasteiger partial charge in [-0.05, 0) is 76.4 Å². The lowest BCUT2D eigenvalue weighted by Gasteiger charge is -2.40. The number of carbonyl (C=O) groups excluding carboxylic acids is 2. The summed E-state index contributed by atoms with van der Waals surface area (Å²) >= 11 is 3.63. The average Bonchev–Trinajstić information content (AvgIpc) is 3.10. The van der Waals surface area contributed by atoms with Gasteiger partial charge in [0.1, 0.15) is 24.2 Å². The molecule has 1 N–H and O–H groups in total. The largest absolute Gasteiger partial charge is 0.485 e. The molecule has 0 radical (unpaired) electrons. The first-order valence-electron chi connectivity index (χ1n) is 12.4. The van der Waals surface area contributed by atoms with Crippen LogP contribution in [0.25, 0.3) is 0 Å². The molecule has 1 amide bonds. The molecule has 4 rings (SSSR count). The standard InChI is InChI=1S/C28H35BrN2O5/c1-27(2,3)36-26(33)31-13-11-28(12-14-31)17-24(21-16-20(29)9-10-22(21)28)35-23-8-6-5-7-19(23)15-25(32)34-18-30-4/h5-10,16,24,30H,11-15,17-18H2,1-4H3/t24-/m1/s1. The van der Waals surface area contributed by atoms with E-state index >= 15 is 0 Å². The van der Waals surface area contributed by atoms with Crippen LogP contribution < -0.4 is 10.1 Å². The van der Waals surface area contributed by atoms with E-state index in [1.165, 1.54) is 5.56 Å². The third-order valence-corrected chi connectivity index (χ3v) is 7.33. The molecule has 7 nitrogen and oxygen atoms in total. The van der Waals surface area contributed by atoms with Crippen LogP contribution in [0.5, 0.6) is 5.75 Å². The monoisotopic (exact) mass is 558 g/mol. The second-order valence-corrected chi connectivity index (χ2v) is 11.5. The van der Waals surface area contributed by atoms with Crippen molar-refractivity contribution in [2.75, 3.05) is 26.9 Å². The summed E-state index contributed by atoms with van der Waals surface area (Å²) < 4.78 is 18.4. The molecular weight excluding hydrogens is 524 g/mol. The van der Waals surface area contributed by atoms with Crippen LogP contribution in [-0.4, -0.2) is 49.4 Å². The van der Waals surface area contributed by atoms with Crippen molar-refractivity contribution in [3.05, 3.63) is 63.6 Å². The highest BCUT2D eigenvalue weighted by molar-refractivity contribution is 9.10. The number of rotatable bonds is 6. The number of carbonyl (C=O) groups is 2. The molecule has 1 fully saturated rings. The number of hydrogen-bond donors (Lipinski definition) is 1. The Kier molecular flexibility index (Phi) is 7.95. The van der Waals surface area contributed by atoms with Gasteiger partial charge in [0, 0.05) is 28.5 Å². The Balaban J connectivity index is 1.53. The summed E-state index contributed by atoms with van der Waals surface area (Å²) in [5.74, 6) is 0.388. The Hall–Kier alpha value is -2.58. The molecule has 1 atom stereocenters. The first-order valence-corrected chi connectivity index (χ1v) is 13.2. The molecule has 8 heteroatoms. The lowest BCUT2D eigenvalue weighted by atomic mass is 9.74. The number of piperidine rings is 1. The molecule has 1 aliphatic carbocycles. The van der Waals surface area contributed by atoms with E-state index in [-0.39, 0.29) is 36.7 Å². The number of esters is 1. The molecule has 1 spiro atoms. The second kappa shape index (κ2) is 10.8. The van der Waals surface area contributed by atoms with Crippen LogP contribution in [0.15, 0.2) is 46.9 Å². The maximum Gasteiger partial charge on any atom is 0.410 e. The molecule has 0 saturated carbocycles. The number of fused-ring (bicyclic) bond motifs is 2. The lowest BCUT2D eigenvalue weighted by Crippen LogP contribution is -2.46. The van der Waals surface area contributed by atoms with Crippen LogP contribution >= 0.6 is 15.9 Å². The zero-order valence-corrected chi connectivity index (χ0v) is 23.0. The third-order valence-electron chi connectivity index (χ3n) is 6.83. The molecule has 1 saturated heterocycles. The fourth-order valence-corrected chi connectivity index (χ4v) is 5.54. The van der Waals surface area contributed by atoms with Crippen molar-refractivity contribution in [1.82, 2.24) is 10.2 Å². The van der Waals surface area contributed by atoms with Crippen molar-refractivity contribution in [2.45, 2.75) is 63.6 Å². The summed E-state index contributed by atoms with van der Waals surface area (Å²) in [5.41, 5.74) is 2.66. The van der Waals surface area contributed by atoms with Gasteiger partial charge in [-0.3, -0.25) is 10.1 Å². The summed E-state index contributed by atoms with van der Waals surface area (Å²) in [6, 6.07) is 14.0. The maximum atomic E-state index is 12.6. The van der Waals surface area contributed by atoms with E-state index in [0.29, 0.717) is 18.8 Å². The molecule has 2 aromatic rings. The molecule has 1 heterocycles. The quantitative estimate of drug-likeness (QED) is 0.372. The van der Waals surface area contributed by atoms with Crippen LogP contribution in [0.2, 0.25) is 0 Å². The fourth-order valence-electron chi connectivity index (χ4n) is 5.16. The van der Waals surface area contributed by atoms with E-state index in [1.807, 2.05) is 49.9 Å². The van der Waals surface area contributed by atoms with Gasteiger partial charge in [0.2, 0.25) is 0 Å². The molecular formula is C28H35BrN2O5. The Morgan fingerprint density at radius 2 is 1.86 bits per heavy atom. The highest BCUT2D eigenvalue weighted by Gasteiger charge is 2.47. The Bertz CT molecular complexity index is 1110. The van der Waals surface area contributed by atoms with Crippen LogP contribution in [0.1, 0.15) is 62.8 Å². The van der Waals surface area contributed by atoms with Gasteiger partial charge in [-0.1, -0.05) is 40.2 Å². The van der Waals surface area contributed by atoms with E-state index in [0.717, 1.165) is 34.9 Å². The minimum atomic E-state index is -0.510. The number of hydrogen-bond acceptors (Lipinski definition) is 6. The molecule has 194 valence electrons. The van der Waals surface area contributed by atoms with E-state index < -0.39 is 5.60 Å². The van der Waals surface area contributed by atoms with Crippen LogP contribution in [0, 0.1) is 0 Å². The van der Waals surface area contributed by atoms with Crippen LogP contribution in [0.3, 0.4) is 0 Å². The van der Waals surface area contributed by atoms with Gasteiger partial charge in [-0.15, -0.1) is 0 Å². The van der Waals surface area contributed by atoms with Crippen molar-refractivity contribution in [1.29, 1.82) is 0 Å². The fraction of sp³-hybridized carbons (Fsp3) is 0.500. The average molecular weight is 560 g/mol. The maximum absolute atomic E-state index is 12.6. The number of para-hydroxylation sites is 1. The summed E-state index contributed by atoms with van der Waals surface area (Å²) in [4.78, 5) is 26.7. The number of ether oxygens (including phenoxy) is 3. The first-order chi connectivity index (χ1) is 17.1. The van der Waals surface area contributed by atoms with Crippen molar-refractivity contribution >= 4 is 28.0 Å². The number of nitrogens with zero attached hydrogens (tertiary/aromatic N) is 1. The van der Waals surface area contributed by atoms with Gasteiger partial charge in [-0.2, -0.15) is 0 Å². The van der Waals surface area contributed by atoms with Gasteiger partial charge in [0.15, 0.2) is 0 Å². The number of amides is 1. The summed E-state index contributed by atoms with van der Waals surface area (Å²) in [6.45, 7) is 7.13. The van der Waals surface area contributed by atoms with Gasteiger partial charge in [0.25, 0.3) is 0 Å². The summed E-state index contributed by atoms with van der Waals surface area (Å²) in [7, 11) is 1.73. The zero-order valence-electron chi connectivity index (χ0n) is 21.4. The first kappa shape index (κ1) is 26.5. The molecule has 0 unspecified atom stereocenters. The Labute approximate surface area is 221 Å². The third kappa shape index (κ3) is 6.03. The normalized spacial score (nSPS) is 18.6. The lowest BCUT2D eigenvalue weighted by molar-refractivity contribution is -0.143. The summed E-state index contributed by atoms with van der Waals surface area (Å²) in [6.07, 6.45) is 2.25. The Morgan fingerprint density at radius 1 is 1.14 bits per heavy atom. The topological polar surface area (TPSA) is 77.1 Å². The zero-order chi connectivity index (χ0) is 25.9. The number of halogens is 1. The smallest absolute Gasteiger partial charge is 0.410 e. The summed E-state index contributed by atoms with van der Waals surface area (Å²) in [5, 5.41) is 2.82. The van der Waals surface area contributed by atoms with E-state index in [4.69, 9.17) is 14.2 Å². The number of likely N-dealkylation sites (tertiary alicyclic amines) is 1. The van der Waals surface area contributed by atoms with Gasteiger partial charge >= 0.3 is 12.1 Å². The van der Waals surface area contributed by atoms with Crippen molar-refractivity contribution in [3.63, 3.8) is 0 Å². The van der Waals surface area contributed by atoms with Gasteiger partial charge in [0.05, 0.1) is 6.42 Å². The van der Waals surface area contributed by atoms with Gasteiger partial charge in [-0.25, -0.2) is 4.79 Å². The van der Waals surface area contributed by atoms with Crippen molar-refractivity contribution in [2.24, 2.45) is 0 Å². The predicted molar refractivity (Wildman–Crippen MR) is 141 cm³/mol. The number of benzene rings is 2. The molecule has 36 heavy (non-hydrogen) atoms. The van der Waals surface area contributed by atoms with Gasteiger partial charge < -0.3 is 19.1 Å². The SMILES string of the molecule is CNCOC(=O)Cc1ccccc1O[C@@H]1CC2(CCN(C(=O)OC(C)(C)C)CC2)c2ccc(Br)cc21. The predicted octanol–water partition coefficient (Wildman–Crippen LogP) is 5.50. The van der Waals surface area contributed by atoms with E-state index in [1.54, 1.807) is 7.05 Å². The highest BCUT2D eigenvalue weighted by Crippen LogP contribution is 2.53.